The fourth-order valence-corrected chi connectivity index (χ4v) is 2.92. The number of hydrogen-bond donors (Lipinski definition) is 1. The van der Waals surface area contributed by atoms with Crippen LogP contribution in [0.3, 0.4) is 0 Å². The van der Waals surface area contributed by atoms with Crippen molar-refractivity contribution in [3.8, 4) is 0 Å². The molecule has 1 aliphatic rings. The van der Waals surface area contributed by atoms with Crippen LogP contribution in [0.5, 0.6) is 0 Å². The van der Waals surface area contributed by atoms with Crippen molar-refractivity contribution < 1.29 is 9.84 Å². The molecule has 4 heteroatoms. The summed E-state index contributed by atoms with van der Waals surface area (Å²) in [5.74, 6) is -1.24. The van der Waals surface area contributed by atoms with Gasteiger partial charge in [0.15, 0.2) is 0 Å². The van der Waals surface area contributed by atoms with Crippen molar-refractivity contribution in [2.24, 2.45) is 0 Å². The first-order chi connectivity index (χ1) is 10.2. The van der Waals surface area contributed by atoms with Crippen molar-refractivity contribution in [3.63, 3.8) is 0 Å². The molecule has 1 N–H and O–H groups in total. The first kappa shape index (κ1) is 17.0. The second-order valence-corrected chi connectivity index (χ2v) is 5.54. The van der Waals surface area contributed by atoms with Gasteiger partial charge in [0.1, 0.15) is 0 Å². The van der Waals surface area contributed by atoms with E-state index in [9.17, 15) is 5.11 Å². The standard InChI is InChI=1S/C18H21NO2.ClH/c1-15-18(20,17-10-6-3-7-11-17)21-13-12-19(15)14-16-8-4-2-5-9-16;/h2-11,15,20H,12-14H2,1H3;1H. The lowest BCUT2D eigenvalue weighted by molar-refractivity contribution is -0.276. The lowest BCUT2D eigenvalue weighted by Gasteiger charge is -2.45. The number of ether oxygens (including phenoxy) is 1. The van der Waals surface area contributed by atoms with Gasteiger partial charge in [-0.1, -0.05) is 60.7 Å². The average Bonchev–Trinajstić information content (AvgIpc) is 2.54. The van der Waals surface area contributed by atoms with E-state index in [0.717, 1.165) is 18.7 Å². The van der Waals surface area contributed by atoms with Crippen LogP contribution in [0.4, 0.5) is 0 Å². The molecule has 0 spiro atoms. The zero-order valence-corrected chi connectivity index (χ0v) is 13.5. The van der Waals surface area contributed by atoms with Gasteiger partial charge in [0.2, 0.25) is 5.79 Å². The van der Waals surface area contributed by atoms with Crippen LogP contribution in [0.25, 0.3) is 0 Å². The molecule has 118 valence electrons. The maximum atomic E-state index is 11.0. The summed E-state index contributed by atoms with van der Waals surface area (Å²) < 4.78 is 5.75. The molecule has 0 bridgehead atoms. The molecule has 1 fully saturated rings. The van der Waals surface area contributed by atoms with Gasteiger partial charge >= 0.3 is 0 Å². The van der Waals surface area contributed by atoms with E-state index in [-0.39, 0.29) is 18.4 Å². The SMILES string of the molecule is CC1N(Cc2ccccc2)CCOC1(O)c1ccccc1.Cl. The van der Waals surface area contributed by atoms with Crippen LogP contribution in [0.2, 0.25) is 0 Å². The summed E-state index contributed by atoms with van der Waals surface area (Å²) in [6, 6.07) is 19.9. The molecule has 2 aromatic carbocycles. The zero-order valence-electron chi connectivity index (χ0n) is 12.7. The summed E-state index contributed by atoms with van der Waals surface area (Å²) in [4.78, 5) is 2.27. The maximum Gasteiger partial charge on any atom is 0.208 e. The van der Waals surface area contributed by atoms with Crippen molar-refractivity contribution in [3.05, 3.63) is 71.8 Å². The summed E-state index contributed by atoms with van der Waals surface area (Å²) in [5, 5.41) is 11.0. The fourth-order valence-electron chi connectivity index (χ4n) is 2.92. The third-order valence-corrected chi connectivity index (χ3v) is 4.23. The highest BCUT2D eigenvalue weighted by molar-refractivity contribution is 5.85. The third kappa shape index (κ3) is 3.33. The lowest BCUT2D eigenvalue weighted by Crippen LogP contribution is -2.56. The molecule has 3 rings (SSSR count). The molecule has 1 aliphatic heterocycles. The van der Waals surface area contributed by atoms with E-state index in [1.54, 1.807) is 0 Å². The first-order valence-corrected chi connectivity index (χ1v) is 7.40. The highest BCUT2D eigenvalue weighted by atomic mass is 35.5. The van der Waals surface area contributed by atoms with Gasteiger partial charge in [-0.05, 0) is 12.5 Å². The summed E-state index contributed by atoms with van der Waals surface area (Å²) >= 11 is 0. The van der Waals surface area contributed by atoms with Crippen molar-refractivity contribution >= 4 is 12.4 Å². The highest BCUT2D eigenvalue weighted by Gasteiger charge is 2.43. The van der Waals surface area contributed by atoms with Gasteiger partial charge < -0.3 is 9.84 Å². The number of morpholine rings is 1. The van der Waals surface area contributed by atoms with E-state index in [0.29, 0.717) is 6.61 Å². The highest BCUT2D eigenvalue weighted by Crippen LogP contribution is 2.33. The Hall–Kier alpha value is -1.39. The van der Waals surface area contributed by atoms with Gasteiger partial charge in [-0.15, -0.1) is 12.4 Å². The largest absolute Gasteiger partial charge is 0.361 e. The third-order valence-electron chi connectivity index (χ3n) is 4.23. The molecule has 0 saturated carbocycles. The molecule has 1 saturated heterocycles. The second-order valence-electron chi connectivity index (χ2n) is 5.54. The number of rotatable bonds is 3. The molecule has 22 heavy (non-hydrogen) atoms. The molecule has 0 aliphatic carbocycles. The summed E-state index contributed by atoms with van der Waals surface area (Å²) in [6.45, 7) is 4.20. The van der Waals surface area contributed by atoms with Crippen LogP contribution in [-0.2, 0) is 17.1 Å². The molecule has 2 aromatic rings. The van der Waals surface area contributed by atoms with E-state index < -0.39 is 5.79 Å². The van der Waals surface area contributed by atoms with Gasteiger partial charge in [-0.3, -0.25) is 4.90 Å². The molecule has 3 nitrogen and oxygen atoms in total. The number of benzene rings is 2. The summed E-state index contributed by atoms with van der Waals surface area (Å²) in [5.41, 5.74) is 2.07. The minimum absolute atomic E-state index is 0. The number of aliphatic hydroxyl groups is 1. The zero-order chi connectivity index (χ0) is 14.7. The minimum Gasteiger partial charge on any atom is -0.361 e. The molecule has 0 radical (unpaired) electrons. The molecule has 1 heterocycles. The molecular weight excluding hydrogens is 298 g/mol. The Labute approximate surface area is 137 Å². The van der Waals surface area contributed by atoms with E-state index in [2.05, 4.69) is 17.0 Å². The first-order valence-electron chi connectivity index (χ1n) is 7.40. The van der Waals surface area contributed by atoms with Crippen molar-refractivity contribution in [1.29, 1.82) is 0 Å². The van der Waals surface area contributed by atoms with E-state index in [1.165, 1.54) is 5.56 Å². The molecule has 0 aromatic heterocycles. The van der Waals surface area contributed by atoms with Crippen LogP contribution >= 0.6 is 12.4 Å². The fraction of sp³-hybridized carbons (Fsp3) is 0.333. The van der Waals surface area contributed by atoms with Gasteiger partial charge in [0.05, 0.1) is 12.6 Å². The van der Waals surface area contributed by atoms with Crippen molar-refractivity contribution in [2.45, 2.75) is 25.3 Å². The predicted molar refractivity (Wildman–Crippen MR) is 89.9 cm³/mol. The van der Waals surface area contributed by atoms with Gasteiger partial charge in [0, 0.05) is 18.7 Å². The quantitative estimate of drug-likeness (QED) is 0.943. The molecule has 0 amide bonds. The summed E-state index contributed by atoms with van der Waals surface area (Å²) in [7, 11) is 0. The summed E-state index contributed by atoms with van der Waals surface area (Å²) in [6.07, 6.45) is 0. The smallest absolute Gasteiger partial charge is 0.208 e. The Bertz CT molecular complexity index is 578. The van der Waals surface area contributed by atoms with Crippen LogP contribution in [0.15, 0.2) is 60.7 Å². The van der Waals surface area contributed by atoms with E-state index in [1.807, 2.05) is 55.5 Å². The topological polar surface area (TPSA) is 32.7 Å². The second kappa shape index (κ2) is 7.25. The Morgan fingerprint density at radius 3 is 2.32 bits per heavy atom. The van der Waals surface area contributed by atoms with Crippen LogP contribution in [0.1, 0.15) is 18.1 Å². The Balaban J connectivity index is 0.00000176. The molecular formula is C18H22ClNO2. The van der Waals surface area contributed by atoms with Gasteiger partial charge in [-0.2, -0.15) is 0 Å². The predicted octanol–water partition coefficient (Wildman–Crippen LogP) is 3.17. The van der Waals surface area contributed by atoms with Crippen LogP contribution in [0, 0.1) is 0 Å². The maximum absolute atomic E-state index is 11.0. The molecule has 2 atom stereocenters. The number of halogens is 1. The van der Waals surface area contributed by atoms with E-state index >= 15 is 0 Å². The van der Waals surface area contributed by atoms with E-state index in [4.69, 9.17) is 4.74 Å². The molecule has 2 unspecified atom stereocenters. The average molecular weight is 320 g/mol. The van der Waals surface area contributed by atoms with Crippen molar-refractivity contribution in [2.75, 3.05) is 13.2 Å². The van der Waals surface area contributed by atoms with Crippen LogP contribution in [-0.4, -0.2) is 29.2 Å². The van der Waals surface area contributed by atoms with Gasteiger partial charge in [0.25, 0.3) is 0 Å². The Kier molecular flexibility index (Phi) is 5.59. The van der Waals surface area contributed by atoms with Crippen molar-refractivity contribution in [1.82, 2.24) is 4.90 Å². The van der Waals surface area contributed by atoms with Gasteiger partial charge in [-0.25, -0.2) is 0 Å². The normalized spacial score (nSPS) is 25.5. The minimum atomic E-state index is -1.24. The Morgan fingerprint density at radius 1 is 1.09 bits per heavy atom. The lowest BCUT2D eigenvalue weighted by atomic mass is 9.96. The Morgan fingerprint density at radius 2 is 1.68 bits per heavy atom. The number of nitrogens with zero attached hydrogens (tertiary/aromatic N) is 1. The number of hydrogen-bond acceptors (Lipinski definition) is 3. The van der Waals surface area contributed by atoms with Crippen LogP contribution < -0.4 is 0 Å². The monoisotopic (exact) mass is 319 g/mol.